The molecule has 1 heterocycles. The smallest absolute Gasteiger partial charge is 0.138 e. The standard InChI is InChI=1S/C16H14ClFN4O/c17-15-2-1-3-16(18)14(15)9-23-13-6-4-12(5-7-13)8-21-22-10-19-20-11-22/h1-7,10-11,21H,8-9H2. The van der Waals surface area contributed by atoms with Crippen molar-refractivity contribution in [1.29, 1.82) is 0 Å². The van der Waals surface area contributed by atoms with E-state index < -0.39 is 0 Å². The van der Waals surface area contributed by atoms with Gasteiger partial charge in [-0.1, -0.05) is 29.8 Å². The van der Waals surface area contributed by atoms with Crippen LogP contribution in [0.1, 0.15) is 11.1 Å². The fourth-order valence-electron chi connectivity index (χ4n) is 1.99. The van der Waals surface area contributed by atoms with Crippen molar-refractivity contribution in [2.75, 3.05) is 5.43 Å². The van der Waals surface area contributed by atoms with E-state index in [4.69, 9.17) is 16.3 Å². The van der Waals surface area contributed by atoms with Gasteiger partial charge in [-0.25, -0.2) is 9.07 Å². The van der Waals surface area contributed by atoms with Gasteiger partial charge in [0, 0.05) is 5.56 Å². The molecule has 0 spiro atoms. The molecule has 0 atom stereocenters. The van der Waals surface area contributed by atoms with Crippen molar-refractivity contribution in [3.63, 3.8) is 0 Å². The molecular formula is C16H14ClFN4O. The van der Waals surface area contributed by atoms with Crippen LogP contribution in [0.3, 0.4) is 0 Å². The zero-order valence-electron chi connectivity index (χ0n) is 12.1. The third-order valence-corrected chi connectivity index (χ3v) is 3.61. The van der Waals surface area contributed by atoms with Gasteiger partial charge in [-0.05, 0) is 29.8 Å². The molecule has 2 aromatic carbocycles. The first-order valence-electron chi connectivity index (χ1n) is 6.95. The Kier molecular flexibility index (Phi) is 4.73. The number of nitrogens with one attached hydrogen (secondary N) is 1. The number of halogens is 2. The maximum Gasteiger partial charge on any atom is 0.138 e. The Balaban J connectivity index is 1.57. The second-order valence-electron chi connectivity index (χ2n) is 4.84. The van der Waals surface area contributed by atoms with Gasteiger partial charge in [0.25, 0.3) is 0 Å². The first-order chi connectivity index (χ1) is 11.2. The summed E-state index contributed by atoms with van der Waals surface area (Å²) in [5, 5.41) is 7.77. The molecule has 0 amide bonds. The number of benzene rings is 2. The molecule has 0 aliphatic carbocycles. The second kappa shape index (κ2) is 7.11. The fraction of sp³-hybridized carbons (Fsp3) is 0.125. The van der Waals surface area contributed by atoms with Crippen LogP contribution in [0.25, 0.3) is 0 Å². The molecule has 0 bridgehead atoms. The lowest BCUT2D eigenvalue weighted by atomic mass is 10.2. The first-order valence-corrected chi connectivity index (χ1v) is 7.33. The molecule has 0 saturated heterocycles. The highest BCUT2D eigenvalue weighted by Crippen LogP contribution is 2.21. The van der Waals surface area contributed by atoms with Crippen molar-refractivity contribution in [3.05, 3.63) is 77.1 Å². The second-order valence-corrected chi connectivity index (χ2v) is 5.24. The zero-order chi connectivity index (χ0) is 16.1. The van der Waals surface area contributed by atoms with Gasteiger partial charge in [0.05, 0.1) is 11.6 Å². The zero-order valence-corrected chi connectivity index (χ0v) is 12.9. The number of nitrogens with zero attached hydrogens (tertiary/aromatic N) is 3. The third kappa shape index (κ3) is 3.98. The van der Waals surface area contributed by atoms with E-state index in [0.29, 0.717) is 22.9 Å². The summed E-state index contributed by atoms with van der Waals surface area (Å²) in [7, 11) is 0. The molecule has 0 aliphatic heterocycles. The maximum atomic E-state index is 13.7. The molecule has 0 aliphatic rings. The lowest BCUT2D eigenvalue weighted by Crippen LogP contribution is -2.11. The molecular weight excluding hydrogens is 319 g/mol. The molecule has 0 radical (unpaired) electrons. The van der Waals surface area contributed by atoms with Crippen LogP contribution in [0, 0.1) is 5.82 Å². The predicted molar refractivity (Wildman–Crippen MR) is 85.3 cm³/mol. The minimum absolute atomic E-state index is 0.0871. The molecule has 3 rings (SSSR count). The molecule has 5 nitrogen and oxygen atoms in total. The van der Waals surface area contributed by atoms with Crippen LogP contribution >= 0.6 is 11.6 Å². The number of aromatic nitrogens is 3. The van der Waals surface area contributed by atoms with E-state index in [1.54, 1.807) is 29.5 Å². The van der Waals surface area contributed by atoms with E-state index in [0.717, 1.165) is 5.56 Å². The molecule has 3 aromatic rings. The number of ether oxygens (including phenoxy) is 1. The van der Waals surface area contributed by atoms with Crippen LogP contribution < -0.4 is 10.2 Å². The molecule has 0 fully saturated rings. The van der Waals surface area contributed by atoms with Crippen LogP contribution in [0.5, 0.6) is 5.75 Å². The van der Waals surface area contributed by atoms with E-state index in [2.05, 4.69) is 15.6 Å². The topological polar surface area (TPSA) is 52.0 Å². The minimum Gasteiger partial charge on any atom is -0.489 e. The number of hydrogen-bond acceptors (Lipinski definition) is 4. The first kappa shape index (κ1) is 15.3. The summed E-state index contributed by atoms with van der Waals surface area (Å²) in [6.45, 7) is 0.710. The van der Waals surface area contributed by atoms with Gasteiger partial charge in [0.15, 0.2) is 0 Å². The molecule has 7 heteroatoms. The van der Waals surface area contributed by atoms with Crippen molar-refractivity contribution in [2.24, 2.45) is 0 Å². The number of rotatable bonds is 6. The summed E-state index contributed by atoms with van der Waals surface area (Å²) >= 11 is 5.97. The maximum absolute atomic E-state index is 13.7. The molecule has 0 saturated carbocycles. The van der Waals surface area contributed by atoms with Crippen molar-refractivity contribution < 1.29 is 9.13 Å². The normalized spacial score (nSPS) is 10.5. The van der Waals surface area contributed by atoms with Gasteiger partial charge < -0.3 is 10.2 Å². The van der Waals surface area contributed by atoms with E-state index in [1.807, 2.05) is 24.3 Å². The minimum atomic E-state index is -0.368. The molecule has 23 heavy (non-hydrogen) atoms. The third-order valence-electron chi connectivity index (χ3n) is 3.25. The summed E-state index contributed by atoms with van der Waals surface area (Å²) in [5.41, 5.74) is 4.54. The van der Waals surface area contributed by atoms with Gasteiger partial charge in [-0.3, -0.25) is 0 Å². The predicted octanol–water partition coefficient (Wildman–Crippen LogP) is 3.39. The number of hydrogen-bond donors (Lipinski definition) is 1. The van der Waals surface area contributed by atoms with Crippen LogP contribution in [-0.4, -0.2) is 14.9 Å². The van der Waals surface area contributed by atoms with Gasteiger partial charge in [-0.15, -0.1) is 10.2 Å². The highest BCUT2D eigenvalue weighted by molar-refractivity contribution is 6.31. The van der Waals surface area contributed by atoms with Crippen molar-refractivity contribution >= 4 is 11.6 Å². The highest BCUT2D eigenvalue weighted by atomic mass is 35.5. The Bertz CT molecular complexity index is 742. The van der Waals surface area contributed by atoms with Crippen LogP contribution in [0.4, 0.5) is 4.39 Å². The summed E-state index contributed by atoms with van der Waals surface area (Å²) < 4.78 is 20.9. The summed E-state index contributed by atoms with van der Waals surface area (Å²) in [4.78, 5) is 0. The lowest BCUT2D eigenvalue weighted by Gasteiger charge is -2.10. The summed E-state index contributed by atoms with van der Waals surface area (Å²) in [6, 6.07) is 12.1. The Morgan fingerprint density at radius 3 is 2.52 bits per heavy atom. The van der Waals surface area contributed by atoms with Crippen LogP contribution in [-0.2, 0) is 13.2 Å². The van der Waals surface area contributed by atoms with Crippen molar-refractivity contribution in [2.45, 2.75) is 13.2 Å². The lowest BCUT2D eigenvalue weighted by molar-refractivity contribution is 0.300. The van der Waals surface area contributed by atoms with Crippen molar-refractivity contribution in [3.8, 4) is 5.75 Å². The Labute approximate surface area is 137 Å². The molecule has 0 unspecified atom stereocenters. The van der Waals surface area contributed by atoms with Gasteiger partial charge >= 0.3 is 0 Å². The molecule has 1 aromatic heterocycles. The van der Waals surface area contributed by atoms with E-state index >= 15 is 0 Å². The van der Waals surface area contributed by atoms with Gasteiger partial charge in [0.1, 0.15) is 30.8 Å². The average Bonchev–Trinajstić information content (AvgIpc) is 3.07. The monoisotopic (exact) mass is 332 g/mol. The van der Waals surface area contributed by atoms with Crippen LogP contribution in [0.15, 0.2) is 55.1 Å². The SMILES string of the molecule is Fc1cccc(Cl)c1COc1ccc(CNn2cnnc2)cc1. The Morgan fingerprint density at radius 2 is 1.83 bits per heavy atom. The molecule has 118 valence electrons. The Morgan fingerprint density at radius 1 is 1.09 bits per heavy atom. The fourth-order valence-corrected chi connectivity index (χ4v) is 2.21. The molecule has 1 N–H and O–H groups in total. The van der Waals surface area contributed by atoms with Crippen LogP contribution in [0.2, 0.25) is 5.02 Å². The average molecular weight is 333 g/mol. The highest BCUT2D eigenvalue weighted by Gasteiger charge is 2.07. The summed E-state index contributed by atoms with van der Waals surface area (Å²) in [6.07, 6.45) is 3.16. The van der Waals surface area contributed by atoms with E-state index in [-0.39, 0.29) is 12.4 Å². The quantitative estimate of drug-likeness (QED) is 0.751. The van der Waals surface area contributed by atoms with Crippen molar-refractivity contribution in [1.82, 2.24) is 14.9 Å². The largest absolute Gasteiger partial charge is 0.489 e. The summed E-state index contributed by atoms with van der Waals surface area (Å²) in [5.74, 6) is 0.282. The Hall–Kier alpha value is -2.60. The van der Waals surface area contributed by atoms with Gasteiger partial charge in [0.2, 0.25) is 0 Å². The van der Waals surface area contributed by atoms with Gasteiger partial charge in [-0.2, -0.15) is 0 Å². The van der Waals surface area contributed by atoms with E-state index in [9.17, 15) is 4.39 Å². The van der Waals surface area contributed by atoms with E-state index in [1.165, 1.54) is 6.07 Å².